The van der Waals surface area contributed by atoms with E-state index in [1.54, 1.807) is 16.7 Å². The van der Waals surface area contributed by atoms with E-state index in [1.807, 2.05) is 0 Å². The van der Waals surface area contributed by atoms with Crippen LogP contribution in [0.5, 0.6) is 5.88 Å². The van der Waals surface area contributed by atoms with Crippen LogP contribution in [0.2, 0.25) is 0 Å². The molecule has 1 aliphatic heterocycles. The van der Waals surface area contributed by atoms with Crippen molar-refractivity contribution in [3.05, 3.63) is 87.1 Å². The minimum Gasteiger partial charge on any atom is -0.478 e. The van der Waals surface area contributed by atoms with Crippen LogP contribution in [-0.2, 0) is 24.3 Å². The molecule has 0 bridgehead atoms. The monoisotopic (exact) mass is 599 g/mol. The van der Waals surface area contributed by atoms with Crippen LogP contribution >= 0.6 is 11.3 Å². The minimum atomic E-state index is -2.74. The predicted octanol–water partition coefficient (Wildman–Crippen LogP) is 5.82. The van der Waals surface area contributed by atoms with Gasteiger partial charge in [-0.15, -0.1) is 10.2 Å². The number of halogens is 4. The Labute approximate surface area is 239 Å². The van der Waals surface area contributed by atoms with Crippen LogP contribution in [0.25, 0.3) is 22.3 Å². The van der Waals surface area contributed by atoms with E-state index in [0.717, 1.165) is 18.6 Å². The van der Waals surface area contributed by atoms with Crippen LogP contribution in [0, 0.1) is 11.6 Å². The van der Waals surface area contributed by atoms with Gasteiger partial charge < -0.3 is 19.1 Å². The number of imidazole rings is 1. The van der Waals surface area contributed by atoms with Crippen LogP contribution in [0.15, 0.2) is 48.5 Å². The Morgan fingerprint density at radius 1 is 1.12 bits per heavy atom. The number of rotatable bonds is 10. The van der Waals surface area contributed by atoms with Gasteiger partial charge in [0.25, 0.3) is 6.43 Å². The smallest absolute Gasteiger partial charge is 0.335 e. The van der Waals surface area contributed by atoms with Crippen LogP contribution < -0.4 is 4.74 Å². The maximum absolute atomic E-state index is 15.4. The Morgan fingerprint density at radius 2 is 1.95 bits per heavy atom. The molecule has 216 valence electrons. The molecular formula is C28H21F4N5O4S. The van der Waals surface area contributed by atoms with Crippen molar-refractivity contribution in [2.45, 2.75) is 38.5 Å². The zero-order valence-corrected chi connectivity index (χ0v) is 22.5. The maximum atomic E-state index is 15.4. The number of alkyl halides is 2. The maximum Gasteiger partial charge on any atom is 0.335 e. The fraction of sp³-hybridized carbons (Fsp3) is 0.250. The van der Waals surface area contributed by atoms with E-state index >= 15 is 8.78 Å². The number of carboxylic acids is 1. The van der Waals surface area contributed by atoms with Crippen LogP contribution in [-0.4, -0.2) is 48.5 Å². The zero-order valence-electron chi connectivity index (χ0n) is 21.6. The highest BCUT2D eigenvalue weighted by Gasteiger charge is 2.24. The van der Waals surface area contributed by atoms with Crippen molar-refractivity contribution in [2.75, 3.05) is 6.61 Å². The van der Waals surface area contributed by atoms with E-state index in [2.05, 4.69) is 20.2 Å². The Bertz CT molecular complexity index is 1790. The van der Waals surface area contributed by atoms with Crippen molar-refractivity contribution < 1.29 is 36.9 Å². The van der Waals surface area contributed by atoms with Gasteiger partial charge in [-0.05, 0) is 48.4 Å². The third-order valence-electron chi connectivity index (χ3n) is 6.75. The lowest BCUT2D eigenvalue weighted by atomic mass is 10.0. The molecule has 4 heterocycles. The number of aromatic carboxylic acids is 1. The van der Waals surface area contributed by atoms with E-state index < -0.39 is 29.0 Å². The number of fused-ring (bicyclic) bond motifs is 1. The van der Waals surface area contributed by atoms with E-state index in [0.29, 0.717) is 41.3 Å². The fourth-order valence-electron chi connectivity index (χ4n) is 4.56. The van der Waals surface area contributed by atoms with Crippen molar-refractivity contribution in [1.82, 2.24) is 24.7 Å². The molecule has 5 aromatic rings. The van der Waals surface area contributed by atoms with Crippen molar-refractivity contribution >= 4 is 28.3 Å². The first kappa shape index (κ1) is 27.7. The molecule has 42 heavy (non-hydrogen) atoms. The van der Waals surface area contributed by atoms with Gasteiger partial charge in [0.1, 0.15) is 24.1 Å². The third-order valence-corrected chi connectivity index (χ3v) is 7.65. The van der Waals surface area contributed by atoms with Gasteiger partial charge in [0.05, 0.1) is 34.9 Å². The molecule has 2 aromatic carbocycles. The van der Waals surface area contributed by atoms with Gasteiger partial charge in [-0.25, -0.2) is 32.3 Å². The summed E-state index contributed by atoms with van der Waals surface area (Å²) < 4.78 is 69.1. The van der Waals surface area contributed by atoms with E-state index in [-0.39, 0.29) is 52.4 Å². The number of carbonyl (C=O) groups is 1. The second kappa shape index (κ2) is 11.4. The lowest BCUT2D eigenvalue weighted by Crippen LogP contribution is -2.31. The van der Waals surface area contributed by atoms with Gasteiger partial charge in [0, 0.05) is 24.7 Å². The molecule has 9 nitrogen and oxygen atoms in total. The molecule has 0 unspecified atom stereocenters. The number of benzene rings is 2. The molecule has 0 saturated carbocycles. The average Bonchev–Trinajstić information content (AvgIpc) is 3.56. The van der Waals surface area contributed by atoms with Crippen molar-refractivity contribution in [3.8, 4) is 17.1 Å². The van der Waals surface area contributed by atoms with Gasteiger partial charge in [-0.1, -0.05) is 17.4 Å². The Balaban J connectivity index is 1.25. The number of hydrogen-bond donors (Lipinski definition) is 1. The highest BCUT2D eigenvalue weighted by Crippen LogP contribution is 2.29. The molecule has 1 saturated heterocycles. The normalized spacial score (nSPS) is 14.8. The molecule has 0 aliphatic carbocycles. The summed E-state index contributed by atoms with van der Waals surface area (Å²) in [5.74, 6) is -1.98. The Hall–Kier alpha value is -4.43. The first-order chi connectivity index (χ1) is 20.2. The summed E-state index contributed by atoms with van der Waals surface area (Å²) in [5.41, 5.74) is 1.26. The topological polar surface area (TPSA) is 112 Å². The largest absolute Gasteiger partial charge is 0.478 e. The van der Waals surface area contributed by atoms with Crippen LogP contribution in [0.4, 0.5) is 17.6 Å². The summed E-state index contributed by atoms with van der Waals surface area (Å²) in [5, 5.41) is 16.3. The minimum absolute atomic E-state index is 0.0497. The van der Waals surface area contributed by atoms with Crippen molar-refractivity contribution in [1.29, 1.82) is 0 Å². The lowest BCUT2D eigenvalue weighted by Gasteiger charge is -2.27. The van der Waals surface area contributed by atoms with Gasteiger partial charge >= 0.3 is 5.97 Å². The first-order valence-electron chi connectivity index (χ1n) is 12.8. The SMILES string of the molecule is O=C(O)c1ccc2nc(Cc3cc(F)c(-c4cccc(OCc5nnc(C(F)F)s5)n4)cc3F)n(C[C@@H]3CCO3)c2c1. The zero-order chi connectivity index (χ0) is 29.4. The lowest BCUT2D eigenvalue weighted by molar-refractivity contribution is -0.0589. The molecule has 1 fully saturated rings. The number of hydrogen-bond acceptors (Lipinski definition) is 8. The van der Waals surface area contributed by atoms with Gasteiger partial charge in [-0.3, -0.25) is 0 Å². The van der Waals surface area contributed by atoms with Gasteiger partial charge in [-0.2, -0.15) is 0 Å². The number of nitrogens with zero attached hydrogens (tertiary/aromatic N) is 5. The highest BCUT2D eigenvalue weighted by atomic mass is 32.1. The number of aromatic nitrogens is 5. The van der Waals surface area contributed by atoms with Crippen LogP contribution in [0.1, 0.15) is 44.6 Å². The van der Waals surface area contributed by atoms with Gasteiger partial charge in [0.15, 0.2) is 10.0 Å². The third kappa shape index (κ3) is 5.67. The summed E-state index contributed by atoms with van der Waals surface area (Å²) in [6.45, 7) is 0.849. The van der Waals surface area contributed by atoms with E-state index in [9.17, 15) is 18.7 Å². The summed E-state index contributed by atoms with van der Waals surface area (Å²) in [7, 11) is 0. The summed E-state index contributed by atoms with van der Waals surface area (Å²) >= 11 is 0.705. The summed E-state index contributed by atoms with van der Waals surface area (Å²) in [4.78, 5) is 20.3. The molecule has 3 aromatic heterocycles. The second-order valence-electron chi connectivity index (χ2n) is 9.51. The van der Waals surface area contributed by atoms with Crippen molar-refractivity contribution in [3.63, 3.8) is 0 Å². The number of ether oxygens (including phenoxy) is 2. The summed E-state index contributed by atoms with van der Waals surface area (Å²) in [6.07, 6.45) is -2.05. The van der Waals surface area contributed by atoms with Crippen molar-refractivity contribution in [2.24, 2.45) is 0 Å². The first-order valence-corrected chi connectivity index (χ1v) is 13.6. The van der Waals surface area contributed by atoms with E-state index in [4.69, 9.17) is 9.47 Å². The molecule has 1 aliphatic rings. The molecule has 0 amide bonds. The quantitative estimate of drug-likeness (QED) is 0.200. The fourth-order valence-corrected chi connectivity index (χ4v) is 5.17. The molecular weight excluding hydrogens is 578 g/mol. The molecule has 14 heteroatoms. The Morgan fingerprint density at radius 3 is 2.67 bits per heavy atom. The second-order valence-corrected chi connectivity index (χ2v) is 10.6. The standard InChI is InChI=1S/C28H21F4N5O4S/c29-18-11-17(20-2-1-3-24(34-20)41-13-25-35-36-27(42-25)26(31)32)19(30)8-15(18)10-23-33-21-5-4-14(28(38)39)9-22(21)37(23)12-16-6-7-40-16/h1-5,8-9,11,16,26H,6-7,10,12-13H2,(H,38,39)/t16-/m0/s1. The average molecular weight is 600 g/mol. The number of carboxylic acid groups (broad SMARTS) is 1. The predicted molar refractivity (Wildman–Crippen MR) is 143 cm³/mol. The van der Waals surface area contributed by atoms with Gasteiger partial charge in [0.2, 0.25) is 5.88 Å². The molecule has 0 spiro atoms. The highest BCUT2D eigenvalue weighted by molar-refractivity contribution is 7.11. The van der Waals surface area contributed by atoms with Crippen LogP contribution in [0.3, 0.4) is 0 Å². The Kier molecular flexibility index (Phi) is 7.56. The molecule has 6 rings (SSSR count). The number of pyridine rings is 1. The molecule has 0 radical (unpaired) electrons. The molecule has 1 atom stereocenters. The van der Waals surface area contributed by atoms with E-state index in [1.165, 1.54) is 24.3 Å². The molecule has 1 N–H and O–H groups in total. The summed E-state index contributed by atoms with van der Waals surface area (Å²) in [6, 6.07) is 11.2.